The molecule has 1 aliphatic rings. The molecule has 3 heterocycles. The summed E-state index contributed by atoms with van der Waals surface area (Å²) in [5.41, 5.74) is 4.94. The summed E-state index contributed by atoms with van der Waals surface area (Å²) in [4.78, 5) is 34.2. The lowest BCUT2D eigenvalue weighted by Gasteiger charge is -2.30. The number of thiophene rings is 1. The van der Waals surface area contributed by atoms with Crippen molar-refractivity contribution in [3.8, 4) is 0 Å². The molecule has 2 aromatic heterocycles. The van der Waals surface area contributed by atoms with E-state index in [1.54, 1.807) is 13.8 Å². The van der Waals surface area contributed by atoms with Crippen LogP contribution in [-0.2, 0) is 25.5 Å². The minimum atomic E-state index is -0.639. The van der Waals surface area contributed by atoms with Crippen LogP contribution in [0, 0.1) is 19.8 Å². The van der Waals surface area contributed by atoms with Crippen LogP contribution in [-0.4, -0.2) is 36.4 Å². The van der Waals surface area contributed by atoms with Gasteiger partial charge >= 0.3 is 11.9 Å². The Bertz CT molecular complexity index is 969. The van der Waals surface area contributed by atoms with Crippen molar-refractivity contribution in [1.29, 1.82) is 0 Å². The number of hydrogen-bond donors (Lipinski definition) is 1. The van der Waals surface area contributed by atoms with E-state index in [9.17, 15) is 9.59 Å². The van der Waals surface area contributed by atoms with Gasteiger partial charge in [0, 0.05) is 40.0 Å². The number of aromatic amines is 1. The van der Waals surface area contributed by atoms with Crippen molar-refractivity contribution in [3.63, 3.8) is 0 Å². The van der Waals surface area contributed by atoms with Crippen LogP contribution in [0.4, 0.5) is 0 Å². The Hall–Kier alpha value is -2.67. The molecule has 0 spiro atoms. The van der Waals surface area contributed by atoms with Crippen molar-refractivity contribution in [2.24, 2.45) is 10.9 Å². The van der Waals surface area contributed by atoms with E-state index in [2.05, 4.69) is 16.0 Å². The molecule has 154 valence electrons. The van der Waals surface area contributed by atoms with Crippen LogP contribution in [0.2, 0.25) is 0 Å². The molecule has 2 atom stereocenters. The molecule has 0 aliphatic carbocycles. The third-order valence-corrected chi connectivity index (χ3v) is 6.17. The standard InChI is InChI=1S/C22H26N2O4S/c1-12-11-16(13(2)23-12)8-9-28-22(26)19-15(4)24-14(3)18(21(25)27-5)20(19)17-7-6-10-29-17/h6-7,10-11,18,20,23H,8-9H2,1-5H3. The fourth-order valence-electron chi connectivity index (χ4n) is 3.88. The van der Waals surface area contributed by atoms with E-state index in [0.717, 1.165) is 21.8 Å². The van der Waals surface area contributed by atoms with Crippen molar-refractivity contribution in [2.75, 3.05) is 13.7 Å². The highest BCUT2D eigenvalue weighted by Crippen LogP contribution is 2.41. The largest absolute Gasteiger partial charge is 0.468 e. The molecule has 6 nitrogen and oxygen atoms in total. The third kappa shape index (κ3) is 4.34. The van der Waals surface area contributed by atoms with Gasteiger partial charge in [0.1, 0.15) is 5.92 Å². The number of allylic oxidation sites excluding steroid dienone is 1. The van der Waals surface area contributed by atoms with Crippen molar-refractivity contribution in [2.45, 2.75) is 40.0 Å². The normalized spacial score (nSPS) is 19.1. The lowest BCUT2D eigenvalue weighted by atomic mass is 9.79. The summed E-state index contributed by atoms with van der Waals surface area (Å²) in [6.07, 6.45) is 0.626. The number of aromatic nitrogens is 1. The Labute approximate surface area is 174 Å². The van der Waals surface area contributed by atoms with Gasteiger partial charge in [-0.1, -0.05) is 6.07 Å². The van der Waals surface area contributed by atoms with Gasteiger partial charge in [-0.2, -0.15) is 0 Å². The average molecular weight is 415 g/mol. The van der Waals surface area contributed by atoms with Crippen LogP contribution in [0.1, 0.15) is 41.6 Å². The van der Waals surface area contributed by atoms with E-state index in [1.165, 1.54) is 18.4 Å². The Morgan fingerprint density at radius 3 is 2.59 bits per heavy atom. The number of aliphatic imine (C=N–C) groups is 1. The molecule has 0 fully saturated rings. The lowest BCUT2D eigenvalue weighted by molar-refractivity contribution is -0.144. The van der Waals surface area contributed by atoms with E-state index in [-0.39, 0.29) is 6.61 Å². The first-order valence-corrected chi connectivity index (χ1v) is 10.4. The predicted molar refractivity (Wildman–Crippen MR) is 113 cm³/mol. The molecule has 2 aromatic rings. The number of hydrogen-bond acceptors (Lipinski definition) is 6. The van der Waals surface area contributed by atoms with Gasteiger partial charge in [-0.25, -0.2) is 4.79 Å². The molecule has 29 heavy (non-hydrogen) atoms. The van der Waals surface area contributed by atoms with Gasteiger partial charge in [0.25, 0.3) is 0 Å². The summed E-state index contributed by atoms with van der Waals surface area (Å²) in [5.74, 6) is -1.93. The molecule has 0 amide bonds. The molecule has 1 N–H and O–H groups in total. The number of H-pyrrole nitrogens is 1. The maximum absolute atomic E-state index is 13.1. The Balaban J connectivity index is 1.85. The van der Waals surface area contributed by atoms with Gasteiger partial charge in [-0.05, 0) is 50.8 Å². The van der Waals surface area contributed by atoms with Crippen molar-refractivity contribution >= 4 is 29.0 Å². The average Bonchev–Trinajstić information content (AvgIpc) is 3.30. The summed E-state index contributed by atoms with van der Waals surface area (Å²) in [6, 6.07) is 5.89. The number of nitrogens with one attached hydrogen (secondary N) is 1. The number of rotatable bonds is 6. The van der Waals surface area contributed by atoms with Crippen molar-refractivity contribution in [1.82, 2.24) is 4.98 Å². The van der Waals surface area contributed by atoms with Gasteiger partial charge < -0.3 is 14.5 Å². The summed E-state index contributed by atoms with van der Waals surface area (Å²) >= 11 is 1.50. The number of nitrogens with zero attached hydrogens (tertiary/aromatic N) is 1. The Kier molecular flexibility index (Phi) is 6.37. The van der Waals surface area contributed by atoms with Crippen LogP contribution in [0.25, 0.3) is 0 Å². The highest BCUT2D eigenvalue weighted by atomic mass is 32.1. The first-order valence-electron chi connectivity index (χ1n) is 9.52. The number of carbonyl (C=O) groups excluding carboxylic acids is 2. The molecular weight excluding hydrogens is 388 g/mol. The predicted octanol–water partition coefficient (Wildman–Crippen LogP) is 4.10. The first kappa shape index (κ1) is 21.0. The number of ether oxygens (including phenoxy) is 2. The number of methoxy groups -OCH3 is 1. The zero-order chi connectivity index (χ0) is 21.1. The minimum Gasteiger partial charge on any atom is -0.468 e. The summed E-state index contributed by atoms with van der Waals surface area (Å²) < 4.78 is 10.6. The molecule has 7 heteroatoms. The van der Waals surface area contributed by atoms with Gasteiger partial charge in [0.05, 0.1) is 19.3 Å². The van der Waals surface area contributed by atoms with E-state index in [4.69, 9.17) is 9.47 Å². The molecular formula is C22H26N2O4S. The van der Waals surface area contributed by atoms with Gasteiger partial charge in [-0.3, -0.25) is 9.79 Å². The summed E-state index contributed by atoms with van der Waals surface area (Å²) in [6.45, 7) is 7.84. The molecule has 0 saturated heterocycles. The minimum absolute atomic E-state index is 0.260. The van der Waals surface area contributed by atoms with Gasteiger partial charge in [0.2, 0.25) is 0 Å². The van der Waals surface area contributed by atoms with E-state index in [1.807, 2.05) is 31.4 Å². The molecule has 0 aromatic carbocycles. The van der Waals surface area contributed by atoms with Crippen LogP contribution in [0.15, 0.2) is 39.8 Å². The van der Waals surface area contributed by atoms with Gasteiger partial charge in [0.15, 0.2) is 0 Å². The molecule has 0 radical (unpaired) electrons. The van der Waals surface area contributed by atoms with Crippen LogP contribution < -0.4 is 0 Å². The van der Waals surface area contributed by atoms with Crippen LogP contribution >= 0.6 is 11.3 Å². The highest BCUT2D eigenvalue weighted by molar-refractivity contribution is 7.10. The fraction of sp³-hybridized carbons (Fsp3) is 0.409. The molecule has 2 unspecified atom stereocenters. The zero-order valence-electron chi connectivity index (χ0n) is 17.4. The number of aryl methyl sites for hydroxylation is 2. The second-order valence-corrected chi connectivity index (χ2v) is 8.21. The third-order valence-electron chi connectivity index (χ3n) is 5.21. The lowest BCUT2D eigenvalue weighted by Crippen LogP contribution is -2.35. The van der Waals surface area contributed by atoms with E-state index >= 15 is 0 Å². The smallest absolute Gasteiger partial charge is 0.336 e. The molecule has 1 aliphatic heterocycles. The van der Waals surface area contributed by atoms with Crippen molar-refractivity contribution < 1.29 is 19.1 Å². The topological polar surface area (TPSA) is 80.8 Å². The number of esters is 2. The van der Waals surface area contributed by atoms with Gasteiger partial charge in [-0.15, -0.1) is 11.3 Å². The Morgan fingerprint density at radius 2 is 2.00 bits per heavy atom. The SMILES string of the molecule is COC(=O)C1C(C)=NC(C)=C(C(=O)OCCc2cc(C)[nH]c2C)C1c1cccs1. The summed E-state index contributed by atoms with van der Waals surface area (Å²) in [7, 11) is 1.35. The second-order valence-electron chi connectivity index (χ2n) is 7.23. The first-order chi connectivity index (χ1) is 13.8. The summed E-state index contributed by atoms with van der Waals surface area (Å²) in [5, 5.41) is 1.93. The molecule has 0 bridgehead atoms. The van der Waals surface area contributed by atoms with E-state index in [0.29, 0.717) is 23.4 Å². The Morgan fingerprint density at radius 1 is 1.24 bits per heavy atom. The monoisotopic (exact) mass is 414 g/mol. The van der Waals surface area contributed by atoms with Crippen molar-refractivity contribution in [3.05, 3.63) is 56.7 Å². The maximum Gasteiger partial charge on any atom is 0.336 e. The quantitative estimate of drug-likeness (QED) is 0.722. The zero-order valence-corrected chi connectivity index (χ0v) is 18.2. The fourth-order valence-corrected chi connectivity index (χ4v) is 4.76. The maximum atomic E-state index is 13.1. The molecule has 3 rings (SSSR count). The molecule has 0 saturated carbocycles. The van der Waals surface area contributed by atoms with E-state index < -0.39 is 23.8 Å². The second kappa shape index (κ2) is 8.78. The van der Waals surface area contributed by atoms with Crippen LogP contribution in [0.3, 0.4) is 0 Å². The highest BCUT2D eigenvalue weighted by Gasteiger charge is 2.42. The number of carbonyl (C=O) groups is 2. The van der Waals surface area contributed by atoms with Crippen LogP contribution in [0.5, 0.6) is 0 Å².